The smallest absolute Gasteiger partial charge is 0.161 e. The highest BCUT2D eigenvalue weighted by Gasteiger charge is 2.52. The first-order valence-corrected chi connectivity index (χ1v) is 10.8. The third-order valence-electron chi connectivity index (χ3n) is 7.55. The predicted molar refractivity (Wildman–Crippen MR) is 101 cm³/mol. The molecule has 4 saturated carbocycles. The Balaban J connectivity index is 1.33. The van der Waals surface area contributed by atoms with E-state index in [1.165, 1.54) is 49.7 Å². The van der Waals surface area contributed by atoms with Crippen LogP contribution in [-0.2, 0) is 14.9 Å². The molecule has 4 heteroatoms. The summed E-state index contributed by atoms with van der Waals surface area (Å²) < 4.78 is 22.9. The van der Waals surface area contributed by atoms with Gasteiger partial charge < -0.3 is 18.9 Å². The Bertz CT molecular complexity index is 699. The Morgan fingerprint density at radius 3 is 1.81 bits per heavy atom. The molecule has 2 heterocycles. The highest BCUT2D eigenvalue weighted by Crippen LogP contribution is 2.61. The van der Waals surface area contributed by atoms with Gasteiger partial charge in [0.15, 0.2) is 11.5 Å². The minimum Gasteiger partial charge on any atom is -0.487 e. The standard InChI is InChI=1S/C23H30O4/c1-14-2-21(26-12-18-10-24-18)22(27-13-19-11-25-19)6-20(14)23-7-15-3-16(8-23)5-17(4-15)9-23/h2,6,15-19H,3-5,7-13H2,1H3. The lowest BCUT2D eigenvalue weighted by Crippen LogP contribution is -2.48. The Kier molecular flexibility index (Phi) is 3.78. The lowest BCUT2D eigenvalue weighted by atomic mass is 9.47. The third-order valence-corrected chi connectivity index (χ3v) is 7.55. The van der Waals surface area contributed by atoms with Crippen LogP contribution >= 0.6 is 0 Å². The summed E-state index contributed by atoms with van der Waals surface area (Å²) in [5.74, 6) is 4.62. The van der Waals surface area contributed by atoms with Crippen LogP contribution in [0.15, 0.2) is 12.1 Å². The molecular formula is C23H30O4. The number of rotatable bonds is 7. The quantitative estimate of drug-likeness (QED) is 0.680. The van der Waals surface area contributed by atoms with Gasteiger partial charge in [-0.1, -0.05) is 0 Å². The van der Waals surface area contributed by atoms with Gasteiger partial charge in [0.2, 0.25) is 0 Å². The van der Waals surface area contributed by atoms with E-state index in [1.54, 1.807) is 0 Å². The largest absolute Gasteiger partial charge is 0.487 e. The second kappa shape index (κ2) is 6.12. The molecule has 7 rings (SSSR count). The molecule has 6 fully saturated rings. The summed E-state index contributed by atoms with van der Waals surface area (Å²) in [6.45, 7) is 5.14. The number of epoxide rings is 2. The van der Waals surface area contributed by atoms with E-state index >= 15 is 0 Å². The number of aryl methyl sites for hydroxylation is 1. The van der Waals surface area contributed by atoms with E-state index in [0.717, 1.165) is 42.5 Å². The van der Waals surface area contributed by atoms with E-state index < -0.39 is 0 Å². The van der Waals surface area contributed by atoms with Crippen molar-refractivity contribution >= 4 is 0 Å². The van der Waals surface area contributed by atoms with Crippen LogP contribution in [-0.4, -0.2) is 38.6 Å². The van der Waals surface area contributed by atoms with E-state index in [9.17, 15) is 0 Å². The molecule has 2 saturated heterocycles. The third kappa shape index (κ3) is 3.15. The zero-order valence-corrected chi connectivity index (χ0v) is 16.2. The maximum absolute atomic E-state index is 6.18. The average Bonchev–Trinajstić information content (AvgIpc) is 3.52. The van der Waals surface area contributed by atoms with E-state index in [1.807, 2.05) is 0 Å². The van der Waals surface area contributed by atoms with Crippen LogP contribution in [0.3, 0.4) is 0 Å². The van der Waals surface area contributed by atoms with Crippen molar-refractivity contribution in [2.75, 3.05) is 26.4 Å². The summed E-state index contributed by atoms with van der Waals surface area (Å²) in [5, 5.41) is 0. The monoisotopic (exact) mass is 370 g/mol. The van der Waals surface area contributed by atoms with Crippen LogP contribution in [0.1, 0.15) is 49.7 Å². The molecule has 0 amide bonds. The molecule has 27 heavy (non-hydrogen) atoms. The molecular weight excluding hydrogens is 340 g/mol. The van der Waals surface area contributed by atoms with Crippen LogP contribution in [0.5, 0.6) is 11.5 Å². The lowest BCUT2D eigenvalue weighted by molar-refractivity contribution is -0.00560. The normalized spacial score (nSPS) is 40.9. The molecule has 2 aliphatic heterocycles. The Morgan fingerprint density at radius 2 is 1.33 bits per heavy atom. The average molecular weight is 370 g/mol. The highest BCUT2D eigenvalue weighted by molar-refractivity contribution is 5.50. The molecule has 4 aliphatic carbocycles. The van der Waals surface area contributed by atoms with E-state index in [2.05, 4.69) is 19.1 Å². The fourth-order valence-corrected chi connectivity index (χ4v) is 6.59. The van der Waals surface area contributed by atoms with Gasteiger partial charge >= 0.3 is 0 Å². The minimum atomic E-state index is 0.257. The number of ether oxygens (including phenoxy) is 4. The number of hydrogen-bond donors (Lipinski definition) is 0. The van der Waals surface area contributed by atoms with Crippen molar-refractivity contribution in [1.29, 1.82) is 0 Å². The molecule has 4 bridgehead atoms. The summed E-state index contributed by atoms with van der Waals surface area (Å²) >= 11 is 0. The maximum atomic E-state index is 6.18. The van der Waals surface area contributed by atoms with Crippen molar-refractivity contribution in [1.82, 2.24) is 0 Å². The second-order valence-electron chi connectivity index (χ2n) is 9.84. The van der Waals surface area contributed by atoms with Crippen molar-refractivity contribution in [2.24, 2.45) is 17.8 Å². The molecule has 0 spiro atoms. The number of benzene rings is 1. The van der Waals surface area contributed by atoms with Gasteiger partial charge in [0.25, 0.3) is 0 Å². The molecule has 2 atom stereocenters. The lowest BCUT2D eigenvalue weighted by Gasteiger charge is -2.57. The predicted octanol–water partition coefficient (Wildman–Crippen LogP) is 4.02. The van der Waals surface area contributed by atoms with Gasteiger partial charge in [0.05, 0.1) is 13.2 Å². The first-order chi connectivity index (χ1) is 13.2. The molecule has 0 aromatic heterocycles. The fourth-order valence-electron chi connectivity index (χ4n) is 6.59. The van der Waals surface area contributed by atoms with Crippen LogP contribution in [0.2, 0.25) is 0 Å². The molecule has 0 N–H and O–H groups in total. The maximum Gasteiger partial charge on any atom is 0.161 e. The van der Waals surface area contributed by atoms with Crippen molar-refractivity contribution < 1.29 is 18.9 Å². The van der Waals surface area contributed by atoms with Gasteiger partial charge in [-0.15, -0.1) is 0 Å². The van der Waals surface area contributed by atoms with Gasteiger partial charge in [-0.05, 0) is 91.9 Å². The first-order valence-electron chi connectivity index (χ1n) is 10.8. The summed E-state index contributed by atoms with van der Waals surface area (Å²) in [7, 11) is 0. The molecule has 4 nitrogen and oxygen atoms in total. The van der Waals surface area contributed by atoms with Crippen molar-refractivity contribution in [3.8, 4) is 11.5 Å². The molecule has 6 aliphatic rings. The van der Waals surface area contributed by atoms with Gasteiger partial charge in [-0.25, -0.2) is 0 Å². The van der Waals surface area contributed by atoms with Gasteiger partial charge in [-0.3, -0.25) is 0 Å². The molecule has 2 unspecified atom stereocenters. The van der Waals surface area contributed by atoms with E-state index in [0.29, 0.717) is 18.6 Å². The zero-order valence-electron chi connectivity index (χ0n) is 16.2. The van der Waals surface area contributed by atoms with E-state index in [-0.39, 0.29) is 12.2 Å². The van der Waals surface area contributed by atoms with Gasteiger partial charge in [-0.2, -0.15) is 0 Å². The summed E-state index contributed by atoms with van der Waals surface area (Å²) in [4.78, 5) is 0. The zero-order chi connectivity index (χ0) is 18.0. The SMILES string of the molecule is Cc1cc(OCC2CO2)c(OCC2CO2)cc1C12CC3CC(CC(C3)C1)C2. The van der Waals surface area contributed by atoms with Crippen LogP contribution in [0.4, 0.5) is 0 Å². The molecule has 0 radical (unpaired) electrons. The summed E-state index contributed by atoms with van der Waals surface area (Å²) in [6, 6.07) is 4.55. The van der Waals surface area contributed by atoms with Crippen LogP contribution in [0, 0.1) is 24.7 Å². The summed E-state index contributed by atoms with van der Waals surface area (Å²) in [5.41, 5.74) is 3.28. The second-order valence-corrected chi connectivity index (χ2v) is 9.84. The first kappa shape index (κ1) is 16.7. The Labute approximate surface area is 161 Å². The number of hydrogen-bond acceptors (Lipinski definition) is 4. The molecule has 1 aromatic carbocycles. The molecule has 146 valence electrons. The van der Waals surface area contributed by atoms with Crippen LogP contribution < -0.4 is 9.47 Å². The van der Waals surface area contributed by atoms with Crippen molar-refractivity contribution in [2.45, 2.75) is 63.1 Å². The fraction of sp³-hybridized carbons (Fsp3) is 0.739. The van der Waals surface area contributed by atoms with Crippen LogP contribution in [0.25, 0.3) is 0 Å². The van der Waals surface area contributed by atoms with Gasteiger partial charge in [0, 0.05) is 0 Å². The van der Waals surface area contributed by atoms with Crippen molar-refractivity contribution in [3.63, 3.8) is 0 Å². The minimum absolute atomic E-state index is 0.257. The Hall–Kier alpha value is -1.26. The van der Waals surface area contributed by atoms with E-state index in [4.69, 9.17) is 18.9 Å². The topological polar surface area (TPSA) is 43.5 Å². The highest BCUT2D eigenvalue weighted by atomic mass is 16.6. The van der Waals surface area contributed by atoms with Crippen molar-refractivity contribution in [3.05, 3.63) is 23.3 Å². The van der Waals surface area contributed by atoms with Gasteiger partial charge in [0.1, 0.15) is 25.4 Å². The summed E-state index contributed by atoms with van der Waals surface area (Å²) in [6.07, 6.45) is 9.07. The Morgan fingerprint density at radius 1 is 0.852 bits per heavy atom. The molecule has 1 aromatic rings.